The first-order valence-electron chi connectivity index (χ1n) is 6.14. The summed E-state index contributed by atoms with van der Waals surface area (Å²) >= 11 is 1.11. The van der Waals surface area contributed by atoms with Gasteiger partial charge < -0.3 is 10.4 Å². The fraction of sp³-hybridized carbons (Fsp3) is 0.429. The normalized spacial score (nSPS) is 12.2. The highest BCUT2D eigenvalue weighted by Gasteiger charge is 2.13. The van der Waals surface area contributed by atoms with E-state index in [-0.39, 0.29) is 11.7 Å². The lowest BCUT2D eigenvalue weighted by molar-refractivity contribution is -0.136. The lowest BCUT2D eigenvalue weighted by Crippen LogP contribution is -2.19. The fourth-order valence-electron chi connectivity index (χ4n) is 1.42. The summed E-state index contributed by atoms with van der Waals surface area (Å²) in [6.07, 6.45) is 0. The van der Waals surface area contributed by atoms with Gasteiger partial charge >= 0.3 is 5.97 Å². The van der Waals surface area contributed by atoms with Gasteiger partial charge in [0.25, 0.3) is 0 Å². The molecule has 19 heavy (non-hydrogen) atoms. The Balaban J connectivity index is 2.46. The van der Waals surface area contributed by atoms with E-state index in [4.69, 9.17) is 5.11 Å². The van der Waals surface area contributed by atoms with Crippen molar-refractivity contribution in [2.24, 2.45) is 0 Å². The van der Waals surface area contributed by atoms with Gasteiger partial charge in [-0.3, -0.25) is 9.59 Å². The van der Waals surface area contributed by atoms with Crippen molar-refractivity contribution in [3.05, 3.63) is 29.8 Å². The molecule has 0 aliphatic carbocycles. The summed E-state index contributed by atoms with van der Waals surface area (Å²) in [4.78, 5) is 22.3. The van der Waals surface area contributed by atoms with Crippen molar-refractivity contribution in [1.82, 2.24) is 0 Å². The van der Waals surface area contributed by atoms with Gasteiger partial charge in [-0.15, -0.1) is 11.8 Å². The average Bonchev–Trinajstić information content (AvgIpc) is 2.36. The minimum atomic E-state index is -0.904. The Hall–Kier alpha value is -1.49. The second-order valence-electron chi connectivity index (χ2n) is 4.62. The molecule has 5 heteroatoms. The van der Waals surface area contributed by atoms with Crippen molar-refractivity contribution in [3.63, 3.8) is 0 Å². The summed E-state index contributed by atoms with van der Waals surface area (Å²) in [6.45, 7) is 5.78. The maximum atomic E-state index is 11.6. The van der Waals surface area contributed by atoms with Crippen LogP contribution in [0.25, 0.3) is 0 Å². The second-order valence-corrected chi connectivity index (χ2v) is 5.95. The molecule has 0 bridgehead atoms. The van der Waals surface area contributed by atoms with E-state index in [1.165, 1.54) is 5.56 Å². The van der Waals surface area contributed by atoms with Gasteiger partial charge in [-0.25, -0.2) is 0 Å². The molecule has 1 aromatic carbocycles. The molecule has 0 aliphatic heterocycles. The van der Waals surface area contributed by atoms with E-state index in [1.54, 1.807) is 6.92 Å². The number of thioether (sulfide) groups is 1. The van der Waals surface area contributed by atoms with Crippen LogP contribution in [0.3, 0.4) is 0 Å². The third kappa shape index (κ3) is 5.34. The minimum absolute atomic E-state index is 0.138. The van der Waals surface area contributed by atoms with Gasteiger partial charge in [0, 0.05) is 5.69 Å². The molecule has 0 aromatic heterocycles. The molecule has 1 aromatic rings. The first-order valence-corrected chi connectivity index (χ1v) is 7.19. The maximum absolute atomic E-state index is 11.6. The molecule has 4 nitrogen and oxygen atoms in total. The Kier molecular flexibility index (Phi) is 5.89. The predicted molar refractivity (Wildman–Crippen MR) is 78.7 cm³/mol. The third-order valence-corrected chi connectivity index (χ3v) is 3.80. The molecule has 0 saturated carbocycles. The van der Waals surface area contributed by atoms with Crippen LogP contribution in [-0.2, 0) is 9.59 Å². The Morgan fingerprint density at radius 3 is 2.26 bits per heavy atom. The smallest absolute Gasteiger partial charge is 0.316 e. The SMILES string of the molecule is CC(SCC(=O)Nc1ccc(C(C)C)cc1)C(=O)O. The summed E-state index contributed by atoms with van der Waals surface area (Å²) < 4.78 is 0. The zero-order valence-electron chi connectivity index (χ0n) is 11.3. The van der Waals surface area contributed by atoms with Gasteiger partial charge in [-0.2, -0.15) is 0 Å². The number of aliphatic carboxylic acids is 1. The van der Waals surface area contributed by atoms with Gasteiger partial charge in [0.2, 0.25) is 5.91 Å². The molecule has 104 valence electrons. The molecule has 0 radical (unpaired) electrons. The van der Waals surface area contributed by atoms with Crippen molar-refractivity contribution in [2.45, 2.75) is 31.9 Å². The van der Waals surface area contributed by atoms with Crippen molar-refractivity contribution in [2.75, 3.05) is 11.1 Å². The number of anilines is 1. The molecular formula is C14H19NO3S. The summed E-state index contributed by atoms with van der Waals surface area (Å²) in [6, 6.07) is 7.68. The Morgan fingerprint density at radius 1 is 1.21 bits per heavy atom. The first kappa shape index (κ1) is 15.6. The van der Waals surface area contributed by atoms with Crippen LogP contribution in [0.2, 0.25) is 0 Å². The lowest BCUT2D eigenvalue weighted by Gasteiger charge is -2.09. The average molecular weight is 281 g/mol. The van der Waals surface area contributed by atoms with Crippen LogP contribution in [0, 0.1) is 0 Å². The number of hydrogen-bond donors (Lipinski definition) is 2. The molecule has 1 unspecified atom stereocenters. The van der Waals surface area contributed by atoms with Crippen LogP contribution in [0.1, 0.15) is 32.3 Å². The number of carbonyl (C=O) groups excluding carboxylic acids is 1. The lowest BCUT2D eigenvalue weighted by atomic mass is 10.0. The zero-order chi connectivity index (χ0) is 14.4. The molecular weight excluding hydrogens is 262 g/mol. The number of benzene rings is 1. The van der Waals surface area contributed by atoms with E-state index in [1.807, 2.05) is 24.3 Å². The van der Waals surface area contributed by atoms with E-state index >= 15 is 0 Å². The Bertz CT molecular complexity index is 443. The van der Waals surface area contributed by atoms with Crippen molar-refractivity contribution < 1.29 is 14.7 Å². The quantitative estimate of drug-likeness (QED) is 0.841. The van der Waals surface area contributed by atoms with Gasteiger partial charge in [0.05, 0.1) is 11.0 Å². The van der Waals surface area contributed by atoms with Crippen LogP contribution in [0.5, 0.6) is 0 Å². The van der Waals surface area contributed by atoms with Crippen LogP contribution >= 0.6 is 11.8 Å². The minimum Gasteiger partial charge on any atom is -0.480 e. The topological polar surface area (TPSA) is 66.4 Å². The van der Waals surface area contributed by atoms with E-state index in [9.17, 15) is 9.59 Å². The van der Waals surface area contributed by atoms with E-state index in [0.29, 0.717) is 5.92 Å². The predicted octanol–water partition coefficient (Wildman–Crippen LogP) is 2.95. The number of hydrogen-bond acceptors (Lipinski definition) is 3. The largest absolute Gasteiger partial charge is 0.480 e. The molecule has 1 amide bonds. The number of carboxylic acids is 1. The molecule has 0 fully saturated rings. The molecule has 1 atom stereocenters. The molecule has 0 spiro atoms. The van der Waals surface area contributed by atoms with Crippen LogP contribution in [-0.4, -0.2) is 28.0 Å². The van der Waals surface area contributed by atoms with E-state index in [0.717, 1.165) is 17.4 Å². The number of rotatable bonds is 6. The molecule has 0 saturated heterocycles. The van der Waals surface area contributed by atoms with Gasteiger partial charge in [-0.1, -0.05) is 26.0 Å². The number of amides is 1. The van der Waals surface area contributed by atoms with Gasteiger partial charge in [0.1, 0.15) is 0 Å². The third-order valence-electron chi connectivity index (χ3n) is 2.67. The molecule has 0 aliphatic rings. The highest BCUT2D eigenvalue weighted by Crippen LogP contribution is 2.17. The van der Waals surface area contributed by atoms with E-state index < -0.39 is 11.2 Å². The second kappa shape index (κ2) is 7.19. The van der Waals surface area contributed by atoms with Crippen molar-refractivity contribution >= 4 is 29.3 Å². The Labute approximate surface area is 117 Å². The first-order chi connectivity index (χ1) is 8.90. The standard InChI is InChI=1S/C14H19NO3S/c1-9(2)11-4-6-12(7-5-11)15-13(16)8-19-10(3)14(17)18/h4-7,9-10H,8H2,1-3H3,(H,15,16)(H,17,18). The molecule has 0 heterocycles. The summed E-state index contributed by atoms with van der Waals surface area (Å²) in [5, 5.41) is 10.9. The summed E-state index contributed by atoms with van der Waals surface area (Å²) in [5.74, 6) is -0.495. The fourth-order valence-corrected chi connectivity index (χ4v) is 2.04. The van der Waals surface area contributed by atoms with E-state index in [2.05, 4.69) is 19.2 Å². The molecule has 2 N–H and O–H groups in total. The number of carboxylic acid groups (broad SMARTS) is 1. The number of carbonyl (C=O) groups is 2. The maximum Gasteiger partial charge on any atom is 0.316 e. The van der Waals surface area contributed by atoms with Crippen LogP contribution in [0.15, 0.2) is 24.3 Å². The summed E-state index contributed by atoms with van der Waals surface area (Å²) in [7, 11) is 0. The Morgan fingerprint density at radius 2 is 1.79 bits per heavy atom. The zero-order valence-corrected chi connectivity index (χ0v) is 12.2. The molecule has 1 rings (SSSR count). The number of nitrogens with one attached hydrogen (secondary N) is 1. The summed E-state index contributed by atoms with van der Waals surface area (Å²) in [5.41, 5.74) is 1.95. The van der Waals surface area contributed by atoms with Crippen LogP contribution < -0.4 is 5.32 Å². The van der Waals surface area contributed by atoms with Crippen molar-refractivity contribution in [3.8, 4) is 0 Å². The van der Waals surface area contributed by atoms with Crippen molar-refractivity contribution in [1.29, 1.82) is 0 Å². The highest BCUT2D eigenvalue weighted by molar-refractivity contribution is 8.01. The highest BCUT2D eigenvalue weighted by atomic mass is 32.2. The van der Waals surface area contributed by atoms with Gasteiger partial charge in [-0.05, 0) is 30.5 Å². The monoisotopic (exact) mass is 281 g/mol. The van der Waals surface area contributed by atoms with Crippen LogP contribution in [0.4, 0.5) is 5.69 Å². The van der Waals surface area contributed by atoms with Gasteiger partial charge in [0.15, 0.2) is 0 Å².